The molecular weight excluding hydrogens is 132 g/mol. The second-order valence-corrected chi connectivity index (χ2v) is 2.83. The molecule has 0 heterocycles. The van der Waals surface area contributed by atoms with E-state index in [1.165, 1.54) is 6.92 Å². The van der Waals surface area contributed by atoms with Crippen molar-refractivity contribution in [3.8, 4) is 0 Å². The summed E-state index contributed by atoms with van der Waals surface area (Å²) >= 11 is 0. The first-order chi connectivity index (χ1) is 4.57. The first-order valence-corrected chi connectivity index (χ1v) is 3.55. The van der Waals surface area contributed by atoms with E-state index in [9.17, 15) is 0 Å². The zero-order valence-electron chi connectivity index (χ0n) is 6.49. The molecule has 3 nitrogen and oxygen atoms in total. The van der Waals surface area contributed by atoms with Crippen LogP contribution in [0.1, 0.15) is 20.3 Å². The highest BCUT2D eigenvalue weighted by Crippen LogP contribution is 2.07. The molecule has 0 amide bonds. The van der Waals surface area contributed by atoms with Gasteiger partial charge in [-0.1, -0.05) is 6.92 Å². The van der Waals surface area contributed by atoms with E-state index < -0.39 is 12.2 Å². The lowest BCUT2D eigenvalue weighted by Gasteiger charge is -2.16. The average molecular weight is 148 g/mol. The van der Waals surface area contributed by atoms with E-state index >= 15 is 0 Å². The van der Waals surface area contributed by atoms with E-state index in [-0.39, 0.29) is 12.5 Å². The molecule has 0 aromatic rings. The highest BCUT2D eigenvalue weighted by molar-refractivity contribution is 4.65. The van der Waals surface area contributed by atoms with Crippen LogP contribution >= 0.6 is 0 Å². The number of hydrogen-bond donors (Lipinski definition) is 3. The number of aliphatic hydroxyl groups excluding tert-OH is 3. The van der Waals surface area contributed by atoms with Crippen LogP contribution in [0.25, 0.3) is 0 Å². The molecule has 0 bridgehead atoms. The molecule has 0 spiro atoms. The Bertz CT molecular complexity index is 82.9. The Labute approximate surface area is 61.3 Å². The highest BCUT2D eigenvalue weighted by atomic mass is 16.3. The predicted molar refractivity (Wildman–Crippen MR) is 38.6 cm³/mol. The van der Waals surface area contributed by atoms with Crippen molar-refractivity contribution in [2.24, 2.45) is 5.92 Å². The lowest BCUT2D eigenvalue weighted by molar-refractivity contribution is 0.0120. The second-order valence-electron chi connectivity index (χ2n) is 2.83. The molecule has 3 N–H and O–H groups in total. The molecule has 0 aromatic heterocycles. The number of aliphatic hydroxyl groups is 3. The molecule has 0 saturated carbocycles. The van der Waals surface area contributed by atoms with E-state index in [2.05, 4.69) is 0 Å². The standard InChI is InChI=1S/C7H16O3/c1-5(4-8)3-7(10)6(2)9/h5-10H,3-4H2,1-2H3. The van der Waals surface area contributed by atoms with Crippen molar-refractivity contribution in [3.05, 3.63) is 0 Å². The number of hydrogen-bond acceptors (Lipinski definition) is 3. The van der Waals surface area contributed by atoms with Crippen LogP contribution in [0.2, 0.25) is 0 Å². The van der Waals surface area contributed by atoms with Crippen LogP contribution in [0.15, 0.2) is 0 Å². The molecule has 0 saturated heterocycles. The van der Waals surface area contributed by atoms with Gasteiger partial charge in [-0.15, -0.1) is 0 Å². The van der Waals surface area contributed by atoms with Crippen molar-refractivity contribution in [3.63, 3.8) is 0 Å². The summed E-state index contributed by atoms with van der Waals surface area (Å²) in [5, 5.41) is 26.5. The Balaban J connectivity index is 3.46. The maximum Gasteiger partial charge on any atom is 0.0799 e. The Morgan fingerprint density at radius 3 is 2.00 bits per heavy atom. The van der Waals surface area contributed by atoms with Gasteiger partial charge in [-0.3, -0.25) is 0 Å². The monoisotopic (exact) mass is 148 g/mol. The molecule has 3 atom stereocenters. The van der Waals surface area contributed by atoms with E-state index in [0.29, 0.717) is 6.42 Å². The summed E-state index contributed by atoms with van der Waals surface area (Å²) in [5.41, 5.74) is 0. The van der Waals surface area contributed by atoms with Crippen molar-refractivity contribution < 1.29 is 15.3 Å². The fourth-order valence-electron chi connectivity index (χ4n) is 0.684. The molecule has 0 aliphatic carbocycles. The summed E-state index contributed by atoms with van der Waals surface area (Å²) in [5.74, 6) is 0.0598. The summed E-state index contributed by atoms with van der Waals surface area (Å²) in [7, 11) is 0. The maximum atomic E-state index is 9.07. The van der Waals surface area contributed by atoms with E-state index in [1.54, 1.807) is 0 Å². The van der Waals surface area contributed by atoms with Gasteiger partial charge in [0.15, 0.2) is 0 Å². The highest BCUT2D eigenvalue weighted by Gasteiger charge is 2.13. The number of rotatable bonds is 4. The molecule has 3 heteroatoms. The van der Waals surface area contributed by atoms with Gasteiger partial charge in [-0.05, 0) is 19.3 Å². The minimum atomic E-state index is -0.706. The summed E-state index contributed by atoms with van der Waals surface area (Å²) in [6.45, 7) is 3.42. The van der Waals surface area contributed by atoms with Crippen LogP contribution in [0.4, 0.5) is 0 Å². The van der Waals surface area contributed by atoms with Crippen molar-refractivity contribution in [1.82, 2.24) is 0 Å². The molecule has 3 unspecified atom stereocenters. The molecule has 62 valence electrons. The molecule has 10 heavy (non-hydrogen) atoms. The fourth-order valence-corrected chi connectivity index (χ4v) is 0.684. The van der Waals surface area contributed by atoms with Crippen LogP contribution in [-0.4, -0.2) is 34.1 Å². The molecule has 0 fully saturated rings. The van der Waals surface area contributed by atoms with Crippen molar-refractivity contribution in [2.45, 2.75) is 32.5 Å². The Morgan fingerprint density at radius 2 is 1.70 bits per heavy atom. The third-order valence-corrected chi connectivity index (χ3v) is 1.51. The fraction of sp³-hybridized carbons (Fsp3) is 1.00. The van der Waals surface area contributed by atoms with Crippen molar-refractivity contribution >= 4 is 0 Å². The van der Waals surface area contributed by atoms with Gasteiger partial charge in [0.05, 0.1) is 12.2 Å². The SMILES string of the molecule is CC(CO)CC(O)C(C)O. The topological polar surface area (TPSA) is 60.7 Å². The lowest BCUT2D eigenvalue weighted by atomic mass is 10.0. The maximum absolute atomic E-state index is 9.07. The van der Waals surface area contributed by atoms with Crippen LogP contribution in [-0.2, 0) is 0 Å². The third-order valence-electron chi connectivity index (χ3n) is 1.51. The minimum Gasteiger partial charge on any atom is -0.396 e. The van der Waals surface area contributed by atoms with Crippen molar-refractivity contribution in [1.29, 1.82) is 0 Å². The van der Waals surface area contributed by atoms with Gasteiger partial charge in [0.25, 0.3) is 0 Å². The summed E-state index contributed by atoms with van der Waals surface area (Å²) in [6.07, 6.45) is -0.954. The molecule has 0 aromatic carbocycles. The van der Waals surface area contributed by atoms with Gasteiger partial charge in [-0.2, -0.15) is 0 Å². The lowest BCUT2D eigenvalue weighted by Crippen LogP contribution is -2.25. The van der Waals surface area contributed by atoms with E-state index in [1.807, 2.05) is 6.92 Å². The van der Waals surface area contributed by atoms with E-state index in [4.69, 9.17) is 15.3 Å². The van der Waals surface area contributed by atoms with Crippen LogP contribution in [0.3, 0.4) is 0 Å². The van der Waals surface area contributed by atoms with Crippen LogP contribution in [0, 0.1) is 5.92 Å². The van der Waals surface area contributed by atoms with Gasteiger partial charge < -0.3 is 15.3 Å². The van der Waals surface area contributed by atoms with Gasteiger partial charge in [0.2, 0.25) is 0 Å². The van der Waals surface area contributed by atoms with Gasteiger partial charge >= 0.3 is 0 Å². The molecule has 0 radical (unpaired) electrons. The quantitative estimate of drug-likeness (QED) is 0.515. The first kappa shape index (κ1) is 9.88. The van der Waals surface area contributed by atoms with Gasteiger partial charge in [0, 0.05) is 6.61 Å². The summed E-state index contributed by atoms with van der Waals surface area (Å²) in [4.78, 5) is 0. The molecule has 0 aliphatic rings. The largest absolute Gasteiger partial charge is 0.396 e. The zero-order valence-corrected chi connectivity index (χ0v) is 6.49. The Kier molecular flexibility index (Phi) is 4.60. The average Bonchev–Trinajstić information content (AvgIpc) is 1.87. The predicted octanol–water partition coefficient (Wildman–Crippen LogP) is -0.253. The van der Waals surface area contributed by atoms with Gasteiger partial charge in [-0.25, -0.2) is 0 Å². The van der Waals surface area contributed by atoms with Crippen LogP contribution in [0.5, 0.6) is 0 Å². The minimum absolute atomic E-state index is 0.0593. The smallest absolute Gasteiger partial charge is 0.0799 e. The van der Waals surface area contributed by atoms with E-state index in [0.717, 1.165) is 0 Å². The normalized spacial score (nSPS) is 20.1. The van der Waals surface area contributed by atoms with Gasteiger partial charge in [0.1, 0.15) is 0 Å². The molecule has 0 rings (SSSR count). The first-order valence-electron chi connectivity index (χ1n) is 3.55. The Hall–Kier alpha value is -0.120. The zero-order chi connectivity index (χ0) is 8.15. The molecule has 0 aliphatic heterocycles. The van der Waals surface area contributed by atoms with Crippen LogP contribution < -0.4 is 0 Å². The molecular formula is C7H16O3. The Morgan fingerprint density at radius 1 is 1.20 bits per heavy atom. The third kappa shape index (κ3) is 3.82. The van der Waals surface area contributed by atoms with Crippen molar-refractivity contribution in [2.75, 3.05) is 6.61 Å². The summed E-state index contributed by atoms with van der Waals surface area (Å²) in [6, 6.07) is 0. The summed E-state index contributed by atoms with van der Waals surface area (Å²) < 4.78 is 0. The second kappa shape index (κ2) is 4.66.